The van der Waals surface area contributed by atoms with Crippen molar-refractivity contribution in [2.75, 3.05) is 24.3 Å². The average molecular weight is 432 g/mol. The molecule has 0 fully saturated rings. The van der Waals surface area contributed by atoms with E-state index in [-0.39, 0.29) is 34.7 Å². The second kappa shape index (κ2) is 8.48. The van der Waals surface area contributed by atoms with Crippen molar-refractivity contribution >= 4 is 38.7 Å². The van der Waals surface area contributed by atoms with Crippen molar-refractivity contribution in [2.45, 2.75) is 38.1 Å². The minimum Gasteiger partial charge on any atom is -0.504 e. The highest BCUT2D eigenvalue weighted by Gasteiger charge is 2.31. The number of halogens is 1. The molecule has 1 unspecified atom stereocenters. The number of aromatic hydroxyl groups is 1. The summed E-state index contributed by atoms with van der Waals surface area (Å²) in [4.78, 5) is 28.0. The van der Waals surface area contributed by atoms with Crippen LogP contribution in [-0.4, -0.2) is 37.7 Å². The molecule has 2 aromatic rings. The highest BCUT2D eigenvalue weighted by Crippen LogP contribution is 2.40. The molecule has 0 saturated carbocycles. The number of nitrogens with one attached hydrogen (secondary N) is 2. The topological polar surface area (TPSA) is 125 Å². The summed E-state index contributed by atoms with van der Waals surface area (Å²) in [5, 5.41) is 15.9. The van der Waals surface area contributed by atoms with Crippen LogP contribution in [0.4, 0.5) is 17.1 Å². The van der Waals surface area contributed by atoms with Crippen molar-refractivity contribution in [3.63, 3.8) is 0 Å². The summed E-state index contributed by atoms with van der Waals surface area (Å²) in [5.41, 5.74) is -1.50. The quantitative estimate of drug-likeness (QED) is 0.313. The van der Waals surface area contributed by atoms with Crippen LogP contribution in [0.25, 0.3) is 0 Å². The Kier molecular flexibility index (Phi) is 6.71. The molecule has 0 bridgehead atoms. The number of rotatable bonds is 9. The van der Waals surface area contributed by atoms with Crippen LogP contribution in [-0.2, 0) is 14.9 Å². The van der Waals surface area contributed by atoms with Gasteiger partial charge in [-0.05, 0) is 32.4 Å². The molecular formula is C17H22ClN3O6S. The lowest BCUT2D eigenvalue weighted by Crippen LogP contribution is -2.38. The smallest absolute Gasteiger partial charge is 0.270 e. The number of phenols is 1. The van der Waals surface area contributed by atoms with Crippen LogP contribution in [0.2, 0.25) is 5.02 Å². The fourth-order valence-electron chi connectivity index (χ4n) is 2.52. The minimum absolute atomic E-state index is 0.0205. The van der Waals surface area contributed by atoms with Crippen LogP contribution in [0.15, 0.2) is 26.6 Å². The van der Waals surface area contributed by atoms with Gasteiger partial charge in [-0.15, -0.1) is 0 Å². The first-order valence-electron chi connectivity index (χ1n) is 8.55. The maximum atomic E-state index is 12.7. The number of hydroxylamine groups is 1. The first-order chi connectivity index (χ1) is 13.1. The molecule has 0 aliphatic rings. The number of benzene rings is 1. The van der Waals surface area contributed by atoms with Crippen molar-refractivity contribution in [2.24, 2.45) is 0 Å². The van der Waals surface area contributed by atoms with E-state index in [1.165, 1.54) is 19.2 Å². The molecule has 2 rings (SSSR count). The summed E-state index contributed by atoms with van der Waals surface area (Å²) in [6, 6.07) is 2.51. The molecule has 0 aliphatic heterocycles. The van der Waals surface area contributed by atoms with Gasteiger partial charge < -0.3 is 15.7 Å². The van der Waals surface area contributed by atoms with Crippen molar-refractivity contribution in [3.8, 4) is 5.75 Å². The third-order valence-electron chi connectivity index (χ3n) is 4.24. The molecule has 11 heteroatoms. The minimum atomic E-state index is -4.26. The average Bonchev–Trinajstić information content (AvgIpc) is 2.65. The van der Waals surface area contributed by atoms with Crippen LogP contribution >= 0.6 is 11.6 Å². The molecule has 0 aromatic heterocycles. The van der Waals surface area contributed by atoms with Gasteiger partial charge in [0.2, 0.25) is 0 Å². The van der Waals surface area contributed by atoms with E-state index in [2.05, 4.69) is 10.6 Å². The maximum Gasteiger partial charge on any atom is 0.270 e. The van der Waals surface area contributed by atoms with E-state index in [0.717, 1.165) is 6.42 Å². The van der Waals surface area contributed by atoms with E-state index in [1.807, 2.05) is 13.8 Å². The lowest BCUT2D eigenvalue weighted by Gasteiger charge is -2.21. The summed E-state index contributed by atoms with van der Waals surface area (Å²) < 4.78 is 26.1. The predicted octanol–water partition coefficient (Wildman–Crippen LogP) is 2.17. The van der Waals surface area contributed by atoms with E-state index in [0.29, 0.717) is 4.47 Å². The Hall–Kier alpha value is -2.14. The Morgan fingerprint density at radius 3 is 2.36 bits per heavy atom. The van der Waals surface area contributed by atoms with Gasteiger partial charge in [-0.3, -0.25) is 14.4 Å². The second-order valence-electron chi connectivity index (χ2n) is 6.07. The Balaban J connectivity index is 2.50. The van der Waals surface area contributed by atoms with Crippen LogP contribution in [0.5, 0.6) is 5.75 Å². The molecule has 28 heavy (non-hydrogen) atoms. The largest absolute Gasteiger partial charge is 0.504 e. The first-order valence-corrected chi connectivity index (χ1v) is 10.4. The van der Waals surface area contributed by atoms with Gasteiger partial charge in [-0.25, -0.2) is 8.42 Å². The Morgan fingerprint density at radius 2 is 1.82 bits per heavy atom. The molecule has 0 spiro atoms. The lowest BCUT2D eigenvalue weighted by molar-refractivity contribution is -0.0443. The third-order valence-corrected chi connectivity index (χ3v) is 6.54. The van der Waals surface area contributed by atoms with Gasteiger partial charge in [-0.1, -0.05) is 23.0 Å². The monoisotopic (exact) mass is 431 g/mol. The van der Waals surface area contributed by atoms with Gasteiger partial charge in [0.05, 0.1) is 17.8 Å². The number of anilines is 3. The first kappa shape index (κ1) is 22.2. The SMILES string of the molecule is CCC(C)Nc1c(Nc2ccc(Cl)c(S(=O)(=O)N(CC)OC)c2O)c(=O)c1=O. The van der Waals surface area contributed by atoms with Crippen LogP contribution in [0.1, 0.15) is 27.2 Å². The normalized spacial score (nSPS) is 13.1. The van der Waals surface area contributed by atoms with E-state index >= 15 is 0 Å². The summed E-state index contributed by atoms with van der Waals surface area (Å²) in [7, 11) is -3.09. The highest BCUT2D eigenvalue weighted by molar-refractivity contribution is 7.89. The number of nitrogens with zero attached hydrogens (tertiary/aromatic N) is 1. The molecule has 1 atom stereocenters. The van der Waals surface area contributed by atoms with Gasteiger partial charge in [0, 0.05) is 12.6 Å². The zero-order valence-corrected chi connectivity index (χ0v) is 17.4. The van der Waals surface area contributed by atoms with Crippen molar-refractivity contribution in [1.29, 1.82) is 0 Å². The molecule has 0 heterocycles. The van der Waals surface area contributed by atoms with Gasteiger partial charge in [-0.2, -0.15) is 0 Å². The Labute approximate surface area is 167 Å². The van der Waals surface area contributed by atoms with Crippen LogP contribution in [0.3, 0.4) is 0 Å². The molecule has 9 nitrogen and oxygen atoms in total. The summed E-state index contributed by atoms with van der Waals surface area (Å²) in [5.74, 6) is -0.689. The van der Waals surface area contributed by atoms with Crippen LogP contribution in [0, 0.1) is 0 Å². The van der Waals surface area contributed by atoms with E-state index < -0.39 is 31.5 Å². The van der Waals surface area contributed by atoms with Gasteiger partial charge in [0.1, 0.15) is 16.3 Å². The van der Waals surface area contributed by atoms with Gasteiger partial charge >= 0.3 is 0 Å². The molecule has 3 N–H and O–H groups in total. The fourth-order valence-corrected chi connectivity index (χ4v) is 4.38. The Bertz CT molecular complexity index is 1040. The lowest BCUT2D eigenvalue weighted by atomic mass is 10.1. The van der Waals surface area contributed by atoms with Crippen molar-refractivity contribution in [3.05, 3.63) is 37.6 Å². The Morgan fingerprint density at radius 1 is 1.21 bits per heavy atom. The summed E-state index contributed by atoms with van der Waals surface area (Å²) >= 11 is 6.00. The second-order valence-corrected chi connectivity index (χ2v) is 8.24. The van der Waals surface area contributed by atoms with Crippen LogP contribution < -0.4 is 21.5 Å². The molecule has 2 aromatic carbocycles. The molecule has 0 radical (unpaired) electrons. The van der Waals surface area contributed by atoms with Crippen molar-refractivity contribution < 1.29 is 18.4 Å². The maximum absolute atomic E-state index is 12.7. The van der Waals surface area contributed by atoms with Crippen molar-refractivity contribution in [1.82, 2.24) is 4.47 Å². The zero-order valence-electron chi connectivity index (χ0n) is 15.9. The molecule has 0 saturated heterocycles. The number of phenolic OH excluding ortho intramolecular Hbond substituents is 1. The van der Waals surface area contributed by atoms with Gasteiger partial charge in [0.25, 0.3) is 20.9 Å². The molecule has 0 amide bonds. The summed E-state index contributed by atoms with van der Waals surface area (Å²) in [6.07, 6.45) is 0.719. The zero-order chi connectivity index (χ0) is 21.2. The van der Waals surface area contributed by atoms with E-state index in [9.17, 15) is 23.1 Å². The summed E-state index contributed by atoms with van der Waals surface area (Å²) in [6.45, 7) is 5.28. The standard InChI is InChI=1S/C17H22ClN3O6S/c1-5-9(3)19-12-13(16(24)15(12)23)20-11-8-7-10(18)17(14(11)22)28(25,26)21(6-2)27-4/h7-9,19-20,22H,5-6H2,1-4H3. The van der Waals surface area contributed by atoms with Gasteiger partial charge in [0.15, 0.2) is 5.75 Å². The predicted molar refractivity (Wildman–Crippen MR) is 108 cm³/mol. The number of hydrogen-bond donors (Lipinski definition) is 3. The number of sulfonamides is 1. The molecule has 0 aliphatic carbocycles. The highest BCUT2D eigenvalue weighted by atomic mass is 35.5. The number of hydrogen-bond acceptors (Lipinski definition) is 8. The third kappa shape index (κ3) is 3.86. The van der Waals surface area contributed by atoms with E-state index in [4.69, 9.17) is 16.4 Å². The fraction of sp³-hybridized carbons (Fsp3) is 0.412. The molecule has 154 valence electrons. The van der Waals surface area contributed by atoms with E-state index in [1.54, 1.807) is 6.92 Å². The molecular weight excluding hydrogens is 410 g/mol.